The molecule has 0 saturated carbocycles. The molecule has 4 aromatic carbocycles. The molecule has 196 valence electrons. The largest absolute Gasteiger partial charge is 0.490 e. The SMILES string of the molecule is O=C(O)c1ccc(OCCCc2ccc3ccccc3c2)c(OCCCCCc2ccccc2)c1C(=O)O. The Balaban J connectivity index is 1.37. The van der Waals surface area contributed by atoms with Gasteiger partial charge in [0.15, 0.2) is 11.5 Å². The third kappa shape index (κ3) is 7.13. The van der Waals surface area contributed by atoms with E-state index in [0.29, 0.717) is 19.4 Å². The number of rotatable bonds is 14. The Labute approximate surface area is 222 Å². The summed E-state index contributed by atoms with van der Waals surface area (Å²) in [7, 11) is 0. The van der Waals surface area contributed by atoms with Gasteiger partial charge in [0.2, 0.25) is 0 Å². The van der Waals surface area contributed by atoms with Gasteiger partial charge in [-0.25, -0.2) is 9.59 Å². The van der Waals surface area contributed by atoms with Gasteiger partial charge in [0, 0.05) is 0 Å². The van der Waals surface area contributed by atoms with Crippen molar-refractivity contribution < 1.29 is 29.3 Å². The van der Waals surface area contributed by atoms with Crippen LogP contribution in [0.3, 0.4) is 0 Å². The lowest BCUT2D eigenvalue weighted by molar-refractivity contribution is 0.0646. The zero-order valence-electron chi connectivity index (χ0n) is 21.3. The molecule has 0 aliphatic carbocycles. The van der Waals surface area contributed by atoms with E-state index < -0.39 is 11.9 Å². The first-order valence-electron chi connectivity index (χ1n) is 12.9. The molecule has 0 spiro atoms. The van der Waals surface area contributed by atoms with Crippen molar-refractivity contribution in [1.29, 1.82) is 0 Å². The second-order valence-electron chi connectivity index (χ2n) is 9.20. The van der Waals surface area contributed by atoms with Gasteiger partial charge < -0.3 is 19.7 Å². The van der Waals surface area contributed by atoms with Gasteiger partial charge in [-0.2, -0.15) is 0 Å². The molecule has 38 heavy (non-hydrogen) atoms. The average Bonchev–Trinajstić information content (AvgIpc) is 2.93. The fourth-order valence-electron chi connectivity index (χ4n) is 4.49. The van der Waals surface area contributed by atoms with Gasteiger partial charge in [0.25, 0.3) is 0 Å². The number of hydrogen-bond acceptors (Lipinski definition) is 4. The fraction of sp³-hybridized carbons (Fsp3) is 0.250. The number of aryl methyl sites for hydroxylation is 2. The maximum atomic E-state index is 12.0. The van der Waals surface area contributed by atoms with E-state index in [2.05, 4.69) is 42.5 Å². The van der Waals surface area contributed by atoms with Crippen LogP contribution in [-0.4, -0.2) is 35.4 Å². The van der Waals surface area contributed by atoms with Crippen LogP contribution in [0.15, 0.2) is 84.9 Å². The van der Waals surface area contributed by atoms with E-state index in [-0.39, 0.29) is 29.2 Å². The van der Waals surface area contributed by atoms with E-state index in [1.54, 1.807) is 0 Å². The molecule has 0 saturated heterocycles. The molecule has 0 bridgehead atoms. The van der Waals surface area contributed by atoms with E-state index in [1.165, 1.54) is 34.0 Å². The summed E-state index contributed by atoms with van der Waals surface area (Å²) in [5.74, 6) is -2.46. The Morgan fingerprint density at radius 1 is 0.605 bits per heavy atom. The average molecular weight is 513 g/mol. The van der Waals surface area contributed by atoms with Crippen molar-refractivity contribution in [2.24, 2.45) is 0 Å². The van der Waals surface area contributed by atoms with Crippen LogP contribution in [0.4, 0.5) is 0 Å². The molecule has 4 rings (SSSR count). The smallest absolute Gasteiger partial charge is 0.340 e. The van der Waals surface area contributed by atoms with E-state index >= 15 is 0 Å². The molecule has 0 unspecified atom stereocenters. The fourth-order valence-corrected chi connectivity index (χ4v) is 4.49. The van der Waals surface area contributed by atoms with Crippen molar-refractivity contribution in [3.63, 3.8) is 0 Å². The third-order valence-electron chi connectivity index (χ3n) is 6.45. The highest BCUT2D eigenvalue weighted by Crippen LogP contribution is 2.35. The van der Waals surface area contributed by atoms with Crippen LogP contribution < -0.4 is 9.47 Å². The molecule has 4 aromatic rings. The van der Waals surface area contributed by atoms with Crippen molar-refractivity contribution in [1.82, 2.24) is 0 Å². The van der Waals surface area contributed by atoms with Gasteiger partial charge in [-0.3, -0.25) is 0 Å². The minimum Gasteiger partial charge on any atom is -0.490 e. The summed E-state index contributed by atoms with van der Waals surface area (Å²) in [6.07, 6.45) is 5.05. The highest BCUT2D eigenvalue weighted by Gasteiger charge is 2.25. The topological polar surface area (TPSA) is 93.1 Å². The highest BCUT2D eigenvalue weighted by atomic mass is 16.5. The Bertz CT molecular complexity index is 1380. The first kappa shape index (κ1) is 26.7. The second-order valence-corrected chi connectivity index (χ2v) is 9.20. The van der Waals surface area contributed by atoms with Crippen molar-refractivity contribution in [3.8, 4) is 11.5 Å². The molecule has 0 heterocycles. The van der Waals surface area contributed by atoms with Gasteiger partial charge in [-0.05, 0) is 72.6 Å². The molecule has 0 aromatic heterocycles. The summed E-state index contributed by atoms with van der Waals surface area (Å²) in [4.78, 5) is 23.7. The maximum Gasteiger partial charge on any atom is 0.340 e. The normalized spacial score (nSPS) is 10.8. The molecular weight excluding hydrogens is 480 g/mol. The van der Waals surface area contributed by atoms with Crippen LogP contribution in [0.1, 0.15) is 57.5 Å². The van der Waals surface area contributed by atoms with Gasteiger partial charge in [-0.1, -0.05) is 72.8 Å². The number of hydrogen-bond donors (Lipinski definition) is 2. The quantitative estimate of drug-likeness (QED) is 0.176. The Hall–Kier alpha value is -4.32. The first-order chi connectivity index (χ1) is 18.5. The van der Waals surface area contributed by atoms with Gasteiger partial charge in [-0.15, -0.1) is 0 Å². The summed E-state index contributed by atoms with van der Waals surface area (Å²) >= 11 is 0. The van der Waals surface area contributed by atoms with E-state index in [4.69, 9.17) is 9.47 Å². The van der Waals surface area contributed by atoms with Crippen molar-refractivity contribution in [3.05, 3.63) is 107 Å². The molecule has 0 radical (unpaired) electrons. The molecular formula is C32H32O6. The van der Waals surface area contributed by atoms with Gasteiger partial charge in [0.05, 0.1) is 18.8 Å². The summed E-state index contributed by atoms with van der Waals surface area (Å²) in [5.41, 5.74) is 1.76. The lowest BCUT2D eigenvalue weighted by atomic mass is 10.0. The Kier molecular flexibility index (Phi) is 9.35. The van der Waals surface area contributed by atoms with Crippen LogP contribution in [-0.2, 0) is 12.8 Å². The standard InChI is InChI=1S/C32H32O6/c33-31(34)27-18-19-28(37-21-9-13-24-16-17-25-14-6-7-15-26(25)22-24)30(29(27)32(35)36)38-20-8-2-5-12-23-10-3-1-4-11-23/h1,3-4,6-7,10-11,14-19,22H,2,5,8-9,12-13,20-21H2,(H,33,34)(H,35,36). The monoisotopic (exact) mass is 512 g/mol. The molecule has 0 amide bonds. The minimum atomic E-state index is -1.36. The van der Waals surface area contributed by atoms with Crippen molar-refractivity contribution in [2.75, 3.05) is 13.2 Å². The number of aromatic carboxylic acids is 2. The number of carboxylic acids is 2. The van der Waals surface area contributed by atoms with Crippen LogP contribution in [0.2, 0.25) is 0 Å². The predicted molar refractivity (Wildman–Crippen MR) is 148 cm³/mol. The predicted octanol–water partition coefficient (Wildman–Crippen LogP) is 7.04. The summed E-state index contributed by atoms with van der Waals surface area (Å²) in [6.45, 7) is 0.608. The molecule has 6 nitrogen and oxygen atoms in total. The molecule has 6 heteroatoms. The number of unbranched alkanes of at least 4 members (excludes halogenated alkanes) is 2. The number of fused-ring (bicyclic) bond motifs is 1. The third-order valence-corrected chi connectivity index (χ3v) is 6.45. The van der Waals surface area contributed by atoms with Crippen molar-refractivity contribution >= 4 is 22.7 Å². The van der Waals surface area contributed by atoms with Crippen LogP contribution in [0.25, 0.3) is 10.8 Å². The van der Waals surface area contributed by atoms with E-state index in [1.807, 2.05) is 30.3 Å². The second kappa shape index (κ2) is 13.3. The van der Waals surface area contributed by atoms with Crippen LogP contribution in [0.5, 0.6) is 11.5 Å². The highest BCUT2D eigenvalue weighted by molar-refractivity contribution is 6.04. The molecule has 2 N–H and O–H groups in total. The van der Waals surface area contributed by atoms with Crippen LogP contribution >= 0.6 is 0 Å². The lowest BCUT2D eigenvalue weighted by Gasteiger charge is -2.16. The number of carbonyl (C=O) groups is 2. The van der Waals surface area contributed by atoms with E-state index in [0.717, 1.165) is 25.7 Å². The van der Waals surface area contributed by atoms with Crippen molar-refractivity contribution in [2.45, 2.75) is 38.5 Å². The minimum absolute atomic E-state index is 0.0221. The molecule has 0 aliphatic heterocycles. The number of ether oxygens (including phenoxy) is 2. The molecule has 0 atom stereocenters. The number of benzene rings is 4. The first-order valence-corrected chi connectivity index (χ1v) is 12.9. The molecule has 0 fully saturated rings. The zero-order chi connectivity index (χ0) is 26.7. The summed E-state index contributed by atoms with van der Waals surface area (Å²) in [6, 6.07) is 27.5. The maximum absolute atomic E-state index is 12.0. The zero-order valence-corrected chi connectivity index (χ0v) is 21.3. The Morgan fingerprint density at radius 3 is 2.08 bits per heavy atom. The Morgan fingerprint density at radius 2 is 1.32 bits per heavy atom. The van der Waals surface area contributed by atoms with Gasteiger partial charge >= 0.3 is 11.9 Å². The lowest BCUT2D eigenvalue weighted by Crippen LogP contribution is -2.13. The summed E-state index contributed by atoms with van der Waals surface area (Å²) < 4.78 is 11.8. The van der Waals surface area contributed by atoms with E-state index in [9.17, 15) is 19.8 Å². The number of carboxylic acid groups (broad SMARTS) is 2. The van der Waals surface area contributed by atoms with Gasteiger partial charge in [0.1, 0.15) is 5.56 Å². The van der Waals surface area contributed by atoms with Crippen LogP contribution in [0, 0.1) is 0 Å². The summed E-state index contributed by atoms with van der Waals surface area (Å²) in [5, 5.41) is 21.7. The molecule has 0 aliphatic rings.